The fourth-order valence-corrected chi connectivity index (χ4v) is 3.48. The molecule has 1 atom stereocenters. The highest BCUT2D eigenvalue weighted by molar-refractivity contribution is 6.32. The van der Waals surface area contributed by atoms with Gasteiger partial charge in [0.2, 0.25) is 0 Å². The van der Waals surface area contributed by atoms with Crippen LogP contribution in [0.15, 0.2) is 60.4 Å². The molecule has 0 fully saturated rings. The maximum absolute atomic E-state index is 13.3. The molecule has 1 aliphatic rings. The number of ether oxygens (including phenoxy) is 1. The van der Waals surface area contributed by atoms with E-state index >= 15 is 0 Å². The van der Waals surface area contributed by atoms with E-state index in [9.17, 15) is 19.1 Å². The Morgan fingerprint density at radius 1 is 1.26 bits per heavy atom. The van der Waals surface area contributed by atoms with Gasteiger partial charge in [-0.25, -0.2) is 13.9 Å². The zero-order valence-corrected chi connectivity index (χ0v) is 16.9. The number of aromatic nitrogens is 2. The van der Waals surface area contributed by atoms with Crippen molar-refractivity contribution in [3.63, 3.8) is 0 Å². The highest BCUT2D eigenvalue weighted by Crippen LogP contribution is 2.33. The number of aliphatic carboxylic acids is 1. The van der Waals surface area contributed by atoms with E-state index in [0.29, 0.717) is 22.0 Å². The van der Waals surface area contributed by atoms with Crippen LogP contribution in [0.3, 0.4) is 0 Å². The van der Waals surface area contributed by atoms with E-state index in [-0.39, 0.29) is 17.1 Å². The normalized spacial score (nSPS) is 14.8. The Morgan fingerprint density at radius 2 is 2.00 bits per heavy atom. The second-order valence-electron chi connectivity index (χ2n) is 6.66. The summed E-state index contributed by atoms with van der Waals surface area (Å²) in [5, 5.41) is 19.5. The summed E-state index contributed by atoms with van der Waals surface area (Å²) in [5.74, 6) is -1.47. The molecule has 2 heterocycles. The van der Waals surface area contributed by atoms with Gasteiger partial charge < -0.3 is 20.5 Å². The second-order valence-corrected chi connectivity index (χ2v) is 7.07. The van der Waals surface area contributed by atoms with Gasteiger partial charge in [0, 0.05) is 5.69 Å². The molecule has 2 aromatic carbocycles. The number of halogens is 2. The minimum absolute atomic E-state index is 0.121. The number of rotatable bonds is 5. The minimum Gasteiger partial charge on any atom is -0.495 e. The van der Waals surface area contributed by atoms with E-state index in [2.05, 4.69) is 15.7 Å². The van der Waals surface area contributed by atoms with Gasteiger partial charge in [-0.2, -0.15) is 5.10 Å². The summed E-state index contributed by atoms with van der Waals surface area (Å²) in [6, 6.07) is 9.74. The molecule has 0 bridgehead atoms. The van der Waals surface area contributed by atoms with Gasteiger partial charge in [0.1, 0.15) is 28.6 Å². The van der Waals surface area contributed by atoms with E-state index in [1.165, 1.54) is 54.4 Å². The first-order valence-corrected chi connectivity index (χ1v) is 9.45. The number of anilines is 2. The quantitative estimate of drug-likeness (QED) is 0.553. The lowest BCUT2D eigenvalue weighted by Crippen LogP contribution is -2.25. The van der Waals surface area contributed by atoms with Crippen LogP contribution in [0, 0.1) is 5.82 Å². The van der Waals surface area contributed by atoms with E-state index in [1.54, 1.807) is 12.1 Å². The van der Waals surface area contributed by atoms with Gasteiger partial charge >= 0.3 is 5.97 Å². The molecule has 1 aliphatic heterocycles. The Hall–Kier alpha value is -3.85. The summed E-state index contributed by atoms with van der Waals surface area (Å²) in [4.78, 5) is 24.5. The number of benzene rings is 2. The summed E-state index contributed by atoms with van der Waals surface area (Å²) in [6.07, 6.45) is 2.78. The Bertz CT molecular complexity index is 1210. The number of nitrogens with zero attached hydrogens (tertiary/aromatic N) is 2. The number of hydrogen-bond acceptors (Lipinski definition) is 5. The van der Waals surface area contributed by atoms with Gasteiger partial charge in [-0.15, -0.1) is 0 Å². The second kappa shape index (κ2) is 8.11. The zero-order valence-electron chi connectivity index (χ0n) is 16.1. The van der Waals surface area contributed by atoms with Gasteiger partial charge in [0.15, 0.2) is 0 Å². The fraction of sp³-hybridized carbons (Fsp3) is 0.0952. The topological polar surface area (TPSA) is 105 Å². The standard InChI is InChI=1S/C21H16ClFN4O4/c1-31-18-7-6-13(8-15(18)22)25-20(28)14-10-24-27-17(11-2-4-12(23)5-3-11)9-16(21(29)30)26-19(14)27/h2-10,17,26H,1H3,(H,25,28)(H,29,30)/t17-/m1/s1. The van der Waals surface area contributed by atoms with Gasteiger partial charge in [0.25, 0.3) is 5.91 Å². The van der Waals surface area contributed by atoms with Crippen molar-refractivity contribution in [3.8, 4) is 5.75 Å². The monoisotopic (exact) mass is 442 g/mol. The van der Waals surface area contributed by atoms with Crippen molar-refractivity contribution in [2.75, 3.05) is 17.7 Å². The number of nitrogens with one attached hydrogen (secondary N) is 2. The van der Waals surface area contributed by atoms with Gasteiger partial charge in [-0.05, 0) is 42.0 Å². The van der Waals surface area contributed by atoms with Crippen LogP contribution in [0.25, 0.3) is 0 Å². The summed E-state index contributed by atoms with van der Waals surface area (Å²) < 4.78 is 19.9. The number of carbonyl (C=O) groups is 2. The molecule has 3 aromatic rings. The first kappa shape index (κ1) is 20.4. The van der Waals surface area contributed by atoms with Crippen LogP contribution in [0.5, 0.6) is 5.75 Å². The Balaban J connectivity index is 1.68. The third-order valence-electron chi connectivity index (χ3n) is 4.73. The van der Waals surface area contributed by atoms with Crippen LogP contribution in [0.1, 0.15) is 22.0 Å². The molecule has 4 rings (SSSR count). The maximum atomic E-state index is 13.3. The lowest BCUT2D eigenvalue weighted by molar-refractivity contribution is -0.132. The fourth-order valence-electron chi connectivity index (χ4n) is 3.23. The van der Waals surface area contributed by atoms with Crippen LogP contribution < -0.4 is 15.4 Å². The molecular formula is C21H16ClFN4O4. The molecular weight excluding hydrogens is 427 g/mol. The number of fused-ring (bicyclic) bond motifs is 1. The van der Waals surface area contributed by atoms with Gasteiger partial charge in [0.05, 0.1) is 24.4 Å². The van der Waals surface area contributed by atoms with E-state index in [4.69, 9.17) is 16.3 Å². The van der Waals surface area contributed by atoms with Crippen molar-refractivity contribution < 1.29 is 23.8 Å². The molecule has 0 saturated heterocycles. The zero-order chi connectivity index (χ0) is 22.1. The first-order valence-electron chi connectivity index (χ1n) is 9.07. The van der Waals surface area contributed by atoms with Crippen LogP contribution in [-0.4, -0.2) is 33.9 Å². The molecule has 8 nitrogen and oxygen atoms in total. The summed E-state index contributed by atoms with van der Waals surface area (Å²) in [6.45, 7) is 0. The SMILES string of the molecule is COc1ccc(NC(=O)c2cnn3c2NC(C(=O)O)=C[C@@H]3c2ccc(F)cc2)cc1Cl. The predicted molar refractivity (Wildman–Crippen MR) is 112 cm³/mol. The third-order valence-corrected chi connectivity index (χ3v) is 5.03. The number of allylic oxidation sites excluding steroid dienone is 1. The van der Waals surface area contributed by atoms with E-state index < -0.39 is 23.7 Å². The summed E-state index contributed by atoms with van der Waals surface area (Å²) in [5.41, 5.74) is 1.05. The molecule has 158 valence electrons. The van der Waals surface area contributed by atoms with Crippen molar-refractivity contribution >= 4 is 35.0 Å². The highest BCUT2D eigenvalue weighted by Gasteiger charge is 2.29. The largest absolute Gasteiger partial charge is 0.495 e. The molecule has 0 radical (unpaired) electrons. The number of carbonyl (C=O) groups excluding carboxylic acids is 1. The van der Waals surface area contributed by atoms with Crippen molar-refractivity contribution in [1.82, 2.24) is 9.78 Å². The number of hydrogen-bond donors (Lipinski definition) is 3. The molecule has 10 heteroatoms. The van der Waals surface area contributed by atoms with Crippen LogP contribution in [-0.2, 0) is 4.79 Å². The Labute approximate surface area is 180 Å². The number of amides is 1. The number of carboxylic acid groups (broad SMARTS) is 1. The molecule has 1 aromatic heterocycles. The molecule has 31 heavy (non-hydrogen) atoms. The molecule has 1 amide bonds. The molecule has 3 N–H and O–H groups in total. The number of methoxy groups -OCH3 is 1. The average Bonchev–Trinajstić information content (AvgIpc) is 3.18. The Kier molecular flexibility index (Phi) is 5.35. The van der Waals surface area contributed by atoms with Crippen LogP contribution in [0.4, 0.5) is 15.9 Å². The van der Waals surface area contributed by atoms with Crippen molar-refractivity contribution in [3.05, 3.63) is 82.4 Å². The third kappa shape index (κ3) is 3.95. The maximum Gasteiger partial charge on any atom is 0.352 e. The van der Waals surface area contributed by atoms with E-state index in [0.717, 1.165) is 0 Å². The highest BCUT2D eigenvalue weighted by atomic mass is 35.5. The molecule has 0 spiro atoms. The van der Waals surface area contributed by atoms with Gasteiger partial charge in [-0.1, -0.05) is 23.7 Å². The van der Waals surface area contributed by atoms with Crippen LogP contribution in [0.2, 0.25) is 5.02 Å². The summed E-state index contributed by atoms with van der Waals surface area (Å²) >= 11 is 6.10. The smallest absolute Gasteiger partial charge is 0.352 e. The lowest BCUT2D eigenvalue weighted by atomic mass is 10.0. The number of carboxylic acids is 1. The van der Waals surface area contributed by atoms with Crippen molar-refractivity contribution in [2.45, 2.75) is 6.04 Å². The first-order chi connectivity index (χ1) is 14.9. The lowest BCUT2D eigenvalue weighted by Gasteiger charge is -2.24. The van der Waals surface area contributed by atoms with Gasteiger partial charge in [-0.3, -0.25) is 4.79 Å². The van der Waals surface area contributed by atoms with Crippen molar-refractivity contribution in [2.24, 2.45) is 0 Å². The van der Waals surface area contributed by atoms with Crippen molar-refractivity contribution in [1.29, 1.82) is 0 Å². The predicted octanol–water partition coefficient (Wildman–Crippen LogP) is 3.92. The average molecular weight is 443 g/mol. The summed E-state index contributed by atoms with van der Waals surface area (Å²) in [7, 11) is 1.48. The van der Waals surface area contributed by atoms with E-state index in [1.807, 2.05) is 0 Å². The minimum atomic E-state index is -1.20. The molecule has 0 saturated carbocycles. The molecule has 0 aliphatic carbocycles. The van der Waals surface area contributed by atoms with Crippen LogP contribution >= 0.6 is 11.6 Å². The Morgan fingerprint density at radius 3 is 2.65 bits per heavy atom. The molecule has 0 unspecified atom stereocenters.